The molecule has 0 aliphatic carbocycles. The van der Waals surface area contributed by atoms with Crippen molar-refractivity contribution in [2.45, 2.75) is 6.54 Å². The Morgan fingerprint density at radius 2 is 1.82 bits per heavy atom. The highest BCUT2D eigenvalue weighted by molar-refractivity contribution is 6.39. The number of ether oxygens (including phenoxy) is 1. The summed E-state index contributed by atoms with van der Waals surface area (Å²) in [5.74, 6) is -1.03. The third-order valence-corrected chi connectivity index (χ3v) is 5.26. The van der Waals surface area contributed by atoms with Crippen LogP contribution in [0.4, 0.5) is 5.69 Å². The molecule has 3 aromatic carbocycles. The quantitative estimate of drug-likeness (QED) is 0.353. The van der Waals surface area contributed by atoms with E-state index < -0.39 is 11.8 Å². The summed E-state index contributed by atoms with van der Waals surface area (Å²) in [6.45, 7) is 0.120. The third kappa shape index (κ3) is 4.59. The van der Waals surface area contributed by atoms with E-state index in [1.807, 2.05) is 36.4 Å². The number of aryl methyl sites for hydroxylation is 1. The van der Waals surface area contributed by atoms with Crippen LogP contribution in [0.15, 0.2) is 73.1 Å². The molecule has 4 rings (SSSR count). The second kappa shape index (κ2) is 9.35. The highest BCUT2D eigenvalue weighted by Crippen LogP contribution is 2.27. The first-order valence-corrected chi connectivity index (χ1v) is 10.2. The predicted octanol–water partition coefficient (Wildman–Crippen LogP) is 3.07. The molecule has 0 atom stereocenters. The van der Waals surface area contributed by atoms with Gasteiger partial charge >= 0.3 is 11.8 Å². The fourth-order valence-electron chi connectivity index (χ4n) is 3.58. The van der Waals surface area contributed by atoms with Gasteiger partial charge in [-0.25, -0.2) is 4.98 Å². The minimum atomic E-state index is -0.837. The lowest BCUT2D eigenvalue weighted by Crippen LogP contribution is -2.35. The van der Waals surface area contributed by atoms with Crippen LogP contribution in [0.25, 0.3) is 10.8 Å². The molecule has 4 aromatic rings. The van der Waals surface area contributed by atoms with Crippen molar-refractivity contribution in [2.75, 3.05) is 12.4 Å². The van der Waals surface area contributed by atoms with E-state index in [1.165, 1.54) is 12.3 Å². The molecule has 0 bridgehead atoms. The number of ketones is 1. The molecule has 8 heteroatoms. The number of carbonyl (C=O) groups excluding carboxylic acids is 3. The minimum Gasteiger partial charge on any atom is -0.496 e. The Labute approximate surface area is 190 Å². The molecule has 0 fully saturated rings. The topological polar surface area (TPSA) is 102 Å². The molecule has 0 aliphatic rings. The summed E-state index contributed by atoms with van der Waals surface area (Å²) < 4.78 is 7.04. The van der Waals surface area contributed by atoms with E-state index in [-0.39, 0.29) is 18.2 Å². The summed E-state index contributed by atoms with van der Waals surface area (Å²) >= 11 is 0. The molecule has 0 saturated carbocycles. The second-order valence-corrected chi connectivity index (χ2v) is 7.38. The largest absolute Gasteiger partial charge is 0.496 e. The summed E-state index contributed by atoms with van der Waals surface area (Å²) in [4.78, 5) is 41.6. The molecule has 33 heavy (non-hydrogen) atoms. The maximum atomic E-state index is 12.6. The lowest BCUT2D eigenvalue weighted by atomic mass is 10.0. The molecule has 2 amide bonds. The lowest BCUT2D eigenvalue weighted by Gasteiger charge is -2.13. The number of fused-ring (bicyclic) bond motifs is 1. The van der Waals surface area contributed by atoms with Crippen LogP contribution >= 0.6 is 0 Å². The van der Waals surface area contributed by atoms with Crippen LogP contribution in [0, 0.1) is 0 Å². The van der Waals surface area contributed by atoms with Crippen molar-refractivity contribution in [3.63, 3.8) is 0 Å². The van der Waals surface area contributed by atoms with Crippen molar-refractivity contribution in [1.29, 1.82) is 0 Å². The van der Waals surface area contributed by atoms with Crippen molar-refractivity contribution >= 4 is 34.1 Å². The molecule has 0 aliphatic heterocycles. The summed E-state index contributed by atoms with van der Waals surface area (Å²) in [6, 6.07) is 17.9. The van der Waals surface area contributed by atoms with Crippen LogP contribution in [0.2, 0.25) is 0 Å². The molecule has 0 unspecified atom stereocenters. The van der Waals surface area contributed by atoms with Crippen LogP contribution in [-0.4, -0.2) is 34.3 Å². The second-order valence-electron chi connectivity index (χ2n) is 7.38. The molecule has 1 aromatic heterocycles. The molecular weight excluding hydrogens is 420 g/mol. The van der Waals surface area contributed by atoms with E-state index >= 15 is 0 Å². The van der Waals surface area contributed by atoms with E-state index in [1.54, 1.807) is 43.1 Å². The number of amides is 2. The highest BCUT2D eigenvalue weighted by atomic mass is 16.5. The summed E-state index contributed by atoms with van der Waals surface area (Å²) in [5.41, 5.74) is 1.46. The van der Waals surface area contributed by atoms with Gasteiger partial charge in [0.05, 0.1) is 7.11 Å². The molecule has 0 spiro atoms. The average Bonchev–Trinajstić information content (AvgIpc) is 3.27. The Kier molecular flexibility index (Phi) is 6.17. The van der Waals surface area contributed by atoms with E-state index in [9.17, 15) is 14.4 Å². The van der Waals surface area contributed by atoms with E-state index in [2.05, 4.69) is 15.6 Å². The van der Waals surface area contributed by atoms with Gasteiger partial charge in [0.25, 0.3) is 0 Å². The summed E-state index contributed by atoms with van der Waals surface area (Å²) in [7, 11) is 3.28. The van der Waals surface area contributed by atoms with Crippen LogP contribution in [0.3, 0.4) is 0 Å². The highest BCUT2D eigenvalue weighted by Gasteiger charge is 2.18. The van der Waals surface area contributed by atoms with Crippen molar-refractivity contribution < 1.29 is 19.1 Å². The first kappa shape index (κ1) is 21.8. The van der Waals surface area contributed by atoms with Gasteiger partial charge in [0.2, 0.25) is 5.78 Å². The summed E-state index contributed by atoms with van der Waals surface area (Å²) in [6.07, 6.45) is 3.21. The van der Waals surface area contributed by atoms with E-state index in [4.69, 9.17) is 4.74 Å². The van der Waals surface area contributed by atoms with Crippen LogP contribution < -0.4 is 15.4 Å². The molecule has 166 valence electrons. The lowest BCUT2D eigenvalue weighted by molar-refractivity contribution is -0.136. The summed E-state index contributed by atoms with van der Waals surface area (Å²) in [5, 5.41) is 7.11. The van der Waals surface area contributed by atoms with Crippen molar-refractivity contribution in [2.24, 2.45) is 7.05 Å². The maximum Gasteiger partial charge on any atom is 0.313 e. The molecular formula is C25H22N4O4. The number of benzene rings is 3. The zero-order valence-electron chi connectivity index (χ0n) is 18.2. The normalized spacial score (nSPS) is 10.6. The van der Waals surface area contributed by atoms with Crippen LogP contribution in [0.5, 0.6) is 5.75 Å². The van der Waals surface area contributed by atoms with Crippen molar-refractivity contribution in [3.8, 4) is 5.75 Å². The monoisotopic (exact) mass is 442 g/mol. The van der Waals surface area contributed by atoms with Gasteiger partial charge in [-0.05, 0) is 29.0 Å². The molecule has 0 saturated heterocycles. The fraction of sp³-hybridized carbons (Fsp3) is 0.120. The fourth-order valence-corrected chi connectivity index (χ4v) is 3.58. The Bertz CT molecular complexity index is 1360. The van der Waals surface area contributed by atoms with Gasteiger partial charge in [-0.2, -0.15) is 0 Å². The standard InChI is InChI=1S/C25H22N4O4/c1-29-13-12-26-23(29)22(30)17-7-5-8-18(14-17)28-25(32)24(31)27-15-20-19-9-4-3-6-16(19)10-11-21(20)33-2/h3-14H,15H2,1-2H3,(H,27,31)(H,28,32). The average molecular weight is 442 g/mol. The van der Waals surface area contributed by atoms with Gasteiger partial charge in [-0.1, -0.05) is 42.5 Å². The van der Waals surface area contributed by atoms with Crippen molar-refractivity contribution in [1.82, 2.24) is 14.9 Å². The smallest absolute Gasteiger partial charge is 0.313 e. The number of carbonyl (C=O) groups is 3. The molecule has 8 nitrogen and oxygen atoms in total. The van der Waals surface area contributed by atoms with Crippen LogP contribution in [0.1, 0.15) is 21.7 Å². The first-order valence-electron chi connectivity index (χ1n) is 10.2. The van der Waals surface area contributed by atoms with Gasteiger partial charge in [-0.3, -0.25) is 14.4 Å². The Hall–Kier alpha value is -4.46. The number of nitrogens with one attached hydrogen (secondary N) is 2. The predicted molar refractivity (Wildman–Crippen MR) is 124 cm³/mol. The number of nitrogens with zero attached hydrogens (tertiary/aromatic N) is 2. The van der Waals surface area contributed by atoms with Crippen molar-refractivity contribution in [3.05, 3.63) is 90.0 Å². The number of methoxy groups -OCH3 is 1. The van der Waals surface area contributed by atoms with Gasteiger partial charge in [0.1, 0.15) is 5.75 Å². The van der Waals surface area contributed by atoms with E-state index in [0.29, 0.717) is 17.0 Å². The number of hydrogen-bond acceptors (Lipinski definition) is 5. The molecule has 2 N–H and O–H groups in total. The van der Waals surface area contributed by atoms with Gasteiger partial charge in [-0.15, -0.1) is 0 Å². The van der Waals surface area contributed by atoms with E-state index in [0.717, 1.165) is 16.3 Å². The Morgan fingerprint density at radius 1 is 1.00 bits per heavy atom. The number of anilines is 1. The Morgan fingerprint density at radius 3 is 2.58 bits per heavy atom. The number of imidazole rings is 1. The zero-order valence-corrected chi connectivity index (χ0v) is 18.2. The molecule has 1 heterocycles. The zero-order chi connectivity index (χ0) is 23.4. The maximum absolute atomic E-state index is 12.6. The van der Waals surface area contributed by atoms with Crippen LogP contribution in [-0.2, 0) is 23.2 Å². The Balaban J connectivity index is 1.45. The number of hydrogen-bond donors (Lipinski definition) is 2. The first-order chi connectivity index (χ1) is 16.0. The van der Waals surface area contributed by atoms with Gasteiger partial charge in [0.15, 0.2) is 5.82 Å². The number of aromatic nitrogens is 2. The number of rotatable bonds is 6. The van der Waals surface area contributed by atoms with Gasteiger partial charge in [0, 0.05) is 42.8 Å². The van der Waals surface area contributed by atoms with Gasteiger partial charge < -0.3 is 19.9 Å². The third-order valence-electron chi connectivity index (χ3n) is 5.26. The minimum absolute atomic E-state index is 0.120. The SMILES string of the molecule is COc1ccc2ccccc2c1CNC(=O)C(=O)Nc1cccc(C(=O)c2nccn2C)c1. The molecule has 0 radical (unpaired) electrons.